The molecule has 2 fully saturated rings. The highest BCUT2D eigenvalue weighted by molar-refractivity contribution is 7.91. The Bertz CT molecular complexity index is 748. The van der Waals surface area contributed by atoms with Crippen molar-refractivity contribution >= 4 is 15.8 Å². The van der Waals surface area contributed by atoms with E-state index in [0.29, 0.717) is 32.1 Å². The molecule has 2 unspecified atom stereocenters. The number of aliphatic imine (C=N–C) groups is 1. The van der Waals surface area contributed by atoms with Crippen LogP contribution in [0.5, 0.6) is 0 Å². The molecule has 3 rings (SSSR count). The molecule has 1 aromatic carbocycles. The summed E-state index contributed by atoms with van der Waals surface area (Å²) in [5.41, 5.74) is 1.02. The predicted octanol–water partition coefficient (Wildman–Crippen LogP) is 0.551. The molecule has 2 aliphatic rings. The lowest BCUT2D eigenvalue weighted by Crippen LogP contribution is -2.48. The van der Waals surface area contributed by atoms with Crippen molar-refractivity contribution in [2.75, 3.05) is 51.4 Å². The molecule has 0 amide bonds. The summed E-state index contributed by atoms with van der Waals surface area (Å²) in [6.07, 6.45) is 0.591. The number of hydrogen-bond donors (Lipinski definition) is 2. The van der Waals surface area contributed by atoms with Gasteiger partial charge in [0.1, 0.15) is 5.82 Å². The Morgan fingerprint density at radius 3 is 2.63 bits per heavy atom. The largest absolute Gasteiger partial charge is 0.379 e. The van der Waals surface area contributed by atoms with E-state index in [1.807, 2.05) is 0 Å². The number of rotatable bonds is 5. The Labute approximate surface area is 159 Å². The van der Waals surface area contributed by atoms with E-state index >= 15 is 0 Å². The van der Waals surface area contributed by atoms with Crippen LogP contribution in [0.1, 0.15) is 18.0 Å². The molecule has 2 heterocycles. The van der Waals surface area contributed by atoms with E-state index in [1.54, 1.807) is 19.2 Å². The predicted molar refractivity (Wildman–Crippen MR) is 103 cm³/mol. The monoisotopic (exact) mass is 398 g/mol. The summed E-state index contributed by atoms with van der Waals surface area (Å²) in [6, 6.07) is 6.47. The molecule has 7 nitrogen and oxygen atoms in total. The van der Waals surface area contributed by atoms with Crippen LogP contribution in [0.2, 0.25) is 0 Å². The van der Waals surface area contributed by atoms with E-state index in [0.717, 1.165) is 18.7 Å². The smallest absolute Gasteiger partial charge is 0.191 e. The van der Waals surface area contributed by atoms with Gasteiger partial charge in [-0.1, -0.05) is 12.1 Å². The van der Waals surface area contributed by atoms with Crippen molar-refractivity contribution in [1.29, 1.82) is 0 Å². The highest BCUT2D eigenvalue weighted by Crippen LogP contribution is 2.21. The SMILES string of the molecule is CN=C(NCC(c1ccc(F)cc1)N1CCOCC1)NC1CCS(=O)(=O)C1. The van der Waals surface area contributed by atoms with E-state index in [-0.39, 0.29) is 29.4 Å². The van der Waals surface area contributed by atoms with Gasteiger partial charge in [-0.25, -0.2) is 12.8 Å². The van der Waals surface area contributed by atoms with Crippen LogP contribution in [0.4, 0.5) is 4.39 Å². The molecule has 2 atom stereocenters. The fourth-order valence-corrected chi connectivity index (χ4v) is 5.20. The summed E-state index contributed by atoms with van der Waals surface area (Å²) in [5.74, 6) is 0.677. The zero-order chi connectivity index (χ0) is 19.3. The Morgan fingerprint density at radius 1 is 1.33 bits per heavy atom. The van der Waals surface area contributed by atoms with Crippen LogP contribution >= 0.6 is 0 Å². The number of sulfone groups is 1. The first-order valence-corrected chi connectivity index (χ1v) is 11.0. The fourth-order valence-electron chi connectivity index (χ4n) is 3.52. The van der Waals surface area contributed by atoms with E-state index in [2.05, 4.69) is 20.5 Å². The molecule has 27 heavy (non-hydrogen) atoms. The van der Waals surface area contributed by atoms with Crippen molar-refractivity contribution in [2.24, 2.45) is 4.99 Å². The van der Waals surface area contributed by atoms with Gasteiger partial charge in [0.25, 0.3) is 0 Å². The van der Waals surface area contributed by atoms with Crippen LogP contribution in [-0.2, 0) is 14.6 Å². The first kappa shape index (κ1) is 20.0. The maximum atomic E-state index is 13.3. The van der Waals surface area contributed by atoms with E-state index in [4.69, 9.17) is 4.74 Å². The van der Waals surface area contributed by atoms with Crippen LogP contribution in [0, 0.1) is 5.82 Å². The van der Waals surface area contributed by atoms with E-state index in [9.17, 15) is 12.8 Å². The van der Waals surface area contributed by atoms with Crippen LogP contribution in [0.15, 0.2) is 29.3 Å². The molecular weight excluding hydrogens is 371 g/mol. The molecule has 0 aliphatic carbocycles. The minimum Gasteiger partial charge on any atom is -0.379 e. The quantitative estimate of drug-likeness (QED) is 0.557. The van der Waals surface area contributed by atoms with Crippen molar-refractivity contribution in [1.82, 2.24) is 15.5 Å². The van der Waals surface area contributed by atoms with Gasteiger partial charge in [-0.2, -0.15) is 0 Å². The van der Waals surface area contributed by atoms with Crippen LogP contribution in [0.25, 0.3) is 0 Å². The third-order valence-electron chi connectivity index (χ3n) is 5.00. The van der Waals surface area contributed by atoms with Crippen LogP contribution in [-0.4, -0.2) is 76.7 Å². The zero-order valence-electron chi connectivity index (χ0n) is 15.5. The lowest BCUT2D eigenvalue weighted by molar-refractivity contribution is 0.0170. The third kappa shape index (κ3) is 5.63. The number of guanidine groups is 1. The Morgan fingerprint density at radius 2 is 2.04 bits per heavy atom. The number of benzene rings is 1. The zero-order valence-corrected chi connectivity index (χ0v) is 16.3. The average molecular weight is 399 g/mol. The van der Waals surface area contributed by atoms with E-state index < -0.39 is 9.84 Å². The standard InChI is InChI=1S/C18H27FN4O3S/c1-20-18(22-16-6-11-27(24,25)13-16)21-12-17(23-7-9-26-10-8-23)14-2-4-15(19)5-3-14/h2-5,16-17H,6-13H2,1H3,(H2,20,21,22). The molecule has 150 valence electrons. The van der Waals surface area contributed by atoms with Crippen molar-refractivity contribution in [2.45, 2.75) is 18.5 Å². The summed E-state index contributed by atoms with van der Waals surface area (Å²) < 4.78 is 42.1. The molecule has 2 aliphatic heterocycles. The topological polar surface area (TPSA) is 83.0 Å². The molecule has 0 radical (unpaired) electrons. The van der Waals surface area contributed by atoms with Crippen LogP contribution < -0.4 is 10.6 Å². The normalized spacial score (nSPS) is 24.5. The minimum atomic E-state index is -2.95. The maximum absolute atomic E-state index is 13.3. The second-order valence-corrected chi connectivity index (χ2v) is 9.14. The molecule has 1 aromatic rings. The van der Waals surface area contributed by atoms with E-state index in [1.165, 1.54) is 12.1 Å². The first-order valence-electron chi connectivity index (χ1n) is 9.22. The number of nitrogens with one attached hydrogen (secondary N) is 2. The molecule has 9 heteroatoms. The number of halogens is 1. The minimum absolute atomic E-state index is 0.0420. The van der Waals surface area contributed by atoms with Crippen molar-refractivity contribution < 1.29 is 17.5 Å². The van der Waals surface area contributed by atoms with Crippen LogP contribution in [0.3, 0.4) is 0 Å². The number of hydrogen-bond acceptors (Lipinski definition) is 5. The summed E-state index contributed by atoms with van der Waals surface area (Å²) >= 11 is 0. The molecule has 0 spiro atoms. The third-order valence-corrected chi connectivity index (χ3v) is 6.77. The highest BCUT2D eigenvalue weighted by atomic mass is 32.2. The number of morpholine rings is 1. The van der Waals surface area contributed by atoms with Gasteiger partial charge in [-0.3, -0.25) is 9.89 Å². The molecule has 2 saturated heterocycles. The summed E-state index contributed by atoms with van der Waals surface area (Å²) in [7, 11) is -1.28. The van der Waals surface area contributed by atoms with Crippen molar-refractivity contribution in [3.63, 3.8) is 0 Å². The number of nitrogens with zero attached hydrogens (tertiary/aromatic N) is 2. The second kappa shape index (κ2) is 8.99. The number of ether oxygens (including phenoxy) is 1. The van der Waals surface area contributed by atoms with Crippen molar-refractivity contribution in [3.05, 3.63) is 35.6 Å². The molecule has 2 N–H and O–H groups in total. The first-order chi connectivity index (χ1) is 13.0. The highest BCUT2D eigenvalue weighted by Gasteiger charge is 2.29. The average Bonchev–Trinajstić information content (AvgIpc) is 3.01. The molecule has 0 saturated carbocycles. The van der Waals surface area contributed by atoms with Gasteiger partial charge in [-0.05, 0) is 24.1 Å². The maximum Gasteiger partial charge on any atom is 0.191 e. The molecular formula is C18H27FN4O3S. The summed E-state index contributed by atoms with van der Waals surface area (Å²) in [6.45, 7) is 3.52. The van der Waals surface area contributed by atoms with Gasteiger partial charge in [0, 0.05) is 32.7 Å². The van der Waals surface area contributed by atoms with Crippen molar-refractivity contribution in [3.8, 4) is 0 Å². The lowest BCUT2D eigenvalue weighted by Gasteiger charge is -2.35. The van der Waals surface area contributed by atoms with Gasteiger partial charge in [0.05, 0.1) is 30.8 Å². The van der Waals surface area contributed by atoms with Gasteiger partial charge < -0.3 is 15.4 Å². The Hall–Kier alpha value is -1.71. The summed E-state index contributed by atoms with van der Waals surface area (Å²) in [5, 5.41) is 6.50. The lowest BCUT2D eigenvalue weighted by atomic mass is 10.0. The molecule has 0 aromatic heterocycles. The Balaban J connectivity index is 1.65. The van der Waals surface area contributed by atoms with Gasteiger partial charge in [0.15, 0.2) is 15.8 Å². The fraction of sp³-hybridized carbons (Fsp3) is 0.611. The van der Waals surface area contributed by atoms with Gasteiger partial charge in [-0.15, -0.1) is 0 Å². The van der Waals surface area contributed by atoms with Gasteiger partial charge in [0.2, 0.25) is 0 Å². The van der Waals surface area contributed by atoms with Gasteiger partial charge >= 0.3 is 0 Å². The summed E-state index contributed by atoms with van der Waals surface area (Å²) in [4.78, 5) is 6.52. The second-order valence-electron chi connectivity index (χ2n) is 6.91. The Kier molecular flexibility index (Phi) is 6.67. The molecule has 0 bridgehead atoms.